The van der Waals surface area contributed by atoms with Gasteiger partial charge in [-0.1, -0.05) is 74.0 Å². The van der Waals surface area contributed by atoms with Gasteiger partial charge in [0.1, 0.15) is 29.9 Å². The molecule has 1 N–H and O–H groups in total. The van der Waals surface area contributed by atoms with Crippen LogP contribution >= 0.6 is 0 Å². The monoisotopic (exact) mass is 637 g/mol. The zero-order chi connectivity index (χ0) is 31.8. The molecular weight excluding hydrogens is 593 g/mol. The summed E-state index contributed by atoms with van der Waals surface area (Å²) in [4.78, 5) is 4.48. The fourth-order valence-corrected chi connectivity index (χ4v) is 7.96. The SMILES string of the molecule is CCC1CC(Oc2ccnc3c2CC(OC)C(OC)=C3)C(F)CC1N(CCc1ccccc1)S(=O)(=O)NCCc1ccccc1. The Hall–Kier alpha value is -3.31. The van der Waals surface area contributed by atoms with Gasteiger partial charge in [-0.05, 0) is 48.8 Å². The molecule has 0 saturated heterocycles. The van der Waals surface area contributed by atoms with Crippen molar-refractivity contribution in [3.63, 3.8) is 0 Å². The molecule has 5 atom stereocenters. The van der Waals surface area contributed by atoms with Crippen LogP contribution in [0.15, 0.2) is 78.7 Å². The molecule has 2 aromatic carbocycles. The first-order chi connectivity index (χ1) is 21.8. The standard InChI is InChI=1S/C35H44FN3O5S/c1-4-27-21-33(44-32-16-18-37-30-24-35(43-3)34(42-2)22-28(30)32)29(36)23-31(27)39(20-17-26-13-9-6-10-14-26)45(40,41)38-19-15-25-11-7-5-8-12-25/h5-14,16,18,24,27,29,31,33-34,38H,4,15,17,19-23H2,1-3H3. The molecular formula is C35H44FN3O5S. The molecule has 0 bridgehead atoms. The Balaban J connectivity index is 1.34. The van der Waals surface area contributed by atoms with Crippen molar-refractivity contribution in [2.45, 2.75) is 69.9 Å². The van der Waals surface area contributed by atoms with E-state index in [2.05, 4.69) is 9.71 Å². The topological polar surface area (TPSA) is 90.0 Å². The molecule has 10 heteroatoms. The van der Waals surface area contributed by atoms with Gasteiger partial charge in [-0.2, -0.15) is 12.7 Å². The number of hydrogen-bond acceptors (Lipinski definition) is 6. The molecule has 2 aliphatic rings. The van der Waals surface area contributed by atoms with Crippen LogP contribution in [0.1, 0.15) is 48.6 Å². The molecule has 0 amide bonds. The Labute approximate surface area is 266 Å². The van der Waals surface area contributed by atoms with E-state index >= 15 is 4.39 Å². The van der Waals surface area contributed by atoms with Gasteiger partial charge in [-0.3, -0.25) is 4.98 Å². The van der Waals surface area contributed by atoms with E-state index in [0.29, 0.717) is 49.3 Å². The molecule has 1 aromatic heterocycles. The van der Waals surface area contributed by atoms with Crippen LogP contribution in [0, 0.1) is 5.92 Å². The predicted molar refractivity (Wildman–Crippen MR) is 174 cm³/mol. The molecule has 5 unspecified atom stereocenters. The quantitative estimate of drug-likeness (QED) is 0.250. The van der Waals surface area contributed by atoms with E-state index in [1.165, 1.54) is 4.31 Å². The van der Waals surface area contributed by atoms with Crippen LogP contribution in [0.4, 0.5) is 4.39 Å². The van der Waals surface area contributed by atoms with E-state index in [1.807, 2.05) is 73.7 Å². The lowest BCUT2D eigenvalue weighted by Crippen LogP contribution is -2.55. The van der Waals surface area contributed by atoms with Gasteiger partial charge in [0.05, 0.1) is 12.8 Å². The van der Waals surface area contributed by atoms with Gasteiger partial charge >= 0.3 is 0 Å². The smallest absolute Gasteiger partial charge is 0.279 e. The van der Waals surface area contributed by atoms with E-state index in [4.69, 9.17) is 14.2 Å². The van der Waals surface area contributed by atoms with Gasteiger partial charge in [-0.15, -0.1) is 0 Å². The Morgan fingerprint density at radius 2 is 1.67 bits per heavy atom. The highest BCUT2D eigenvalue weighted by molar-refractivity contribution is 7.87. The van der Waals surface area contributed by atoms with Crippen LogP contribution in [0.5, 0.6) is 5.75 Å². The predicted octanol–water partition coefficient (Wildman–Crippen LogP) is 5.54. The number of pyridine rings is 1. The first kappa shape index (κ1) is 33.1. The zero-order valence-electron chi connectivity index (χ0n) is 26.3. The van der Waals surface area contributed by atoms with Crippen molar-refractivity contribution < 1.29 is 27.0 Å². The van der Waals surface area contributed by atoms with Crippen LogP contribution in [0.2, 0.25) is 0 Å². The number of hydrogen-bond donors (Lipinski definition) is 1. The molecule has 0 radical (unpaired) electrons. The van der Waals surface area contributed by atoms with E-state index in [9.17, 15) is 8.42 Å². The number of aromatic nitrogens is 1. The molecule has 1 heterocycles. The summed E-state index contributed by atoms with van der Waals surface area (Å²) in [6.07, 6.45) is 3.88. The van der Waals surface area contributed by atoms with Crippen LogP contribution < -0.4 is 9.46 Å². The Morgan fingerprint density at radius 3 is 2.31 bits per heavy atom. The molecule has 0 spiro atoms. The Kier molecular flexibility index (Phi) is 11.3. The average molecular weight is 638 g/mol. The second-order valence-electron chi connectivity index (χ2n) is 11.7. The number of rotatable bonds is 14. The van der Waals surface area contributed by atoms with Gasteiger partial charge in [0, 0.05) is 50.5 Å². The molecule has 1 saturated carbocycles. The van der Waals surface area contributed by atoms with Crippen molar-refractivity contribution in [3.8, 4) is 5.75 Å². The minimum Gasteiger partial charge on any atom is -0.498 e. The van der Waals surface area contributed by atoms with Gasteiger partial charge in [0.15, 0.2) is 0 Å². The van der Waals surface area contributed by atoms with Gasteiger partial charge < -0.3 is 14.2 Å². The number of halogens is 1. The largest absolute Gasteiger partial charge is 0.498 e. The maximum absolute atomic E-state index is 16.1. The molecule has 242 valence electrons. The van der Waals surface area contributed by atoms with Crippen molar-refractivity contribution in [2.75, 3.05) is 27.3 Å². The number of benzene rings is 2. The zero-order valence-corrected chi connectivity index (χ0v) is 27.1. The summed E-state index contributed by atoms with van der Waals surface area (Å²) < 4.78 is 65.7. The highest BCUT2D eigenvalue weighted by atomic mass is 32.2. The van der Waals surface area contributed by atoms with Crippen molar-refractivity contribution in [2.24, 2.45) is 5.92 Å². The Bertz CT molecular complexity index is 1520. The van der Waals surface area contributed by atoms with Crippen molar-refractivity contribution >= 4 is 16.3 Å². The number of alkyl halides is 1. The highest BCUT2D eigenvalue weighted by Crippen LogP contribution is 2.38. The minimum atomic E-state index is -3.90. The summed E-state index contributed by atoms with van der Waals surface area (Å²) in [5, 5.41) is 0. The maximum Gasteiger partial charge on any atom is 0.279 e. The summed E-state index contributed by atoms with van der Waals surface area (Å²) in [6, 6.07) is 20.8. The van der Waals surface area contributed by atoms with Crippen LogP contribution in [0.25, 0.3) is 6.08 Å². The molecule has 3 aromatic rings. The Morgan fingerprint density at radius 1 is 0.978 bits per heavy atom. The minimum absolute atomic E-state index is 0.0548. The third-order valence-electron chi connectivity index (χ3n) is 8.99. The number of ether oxygens (including phenoxy) is 3. The normalized spacial score (nSPS) is 23.3. The summed E-state index contributed by atoms with van der Waals surface area (Å²) in [7, 11) is -0.676. The van der Waals surface area contributed by atoms with Crippen molar-refractivity contribution in [1.29, 1.82) is 0 Å². The third kappa shape index (κ3) is 8.10. The first-order valence-corrected chi connectivity index (χ1v) is 17.2. The second kappa shape index (κ2) is 15.3. The fourth-order valence-electron chi connectivity index (χ4n) is 6.49. The number of nitrogens with zero attached hydrogens (tertiary/aromatic N) is 2. The molecule has 1 fully saturated rings. The van der Waals surface area contributed by atoms with Crippen LogP contribution in [-0.4, -0.2) is 69.4 Å². The summed E-state index contributed by atoms with van der Waals surface area (Å²) in [6.45, 7) is 2.55. The lowest BCUT2D eigenvalue weighted by molar-refractivity contribution is 0.00437. The van der Waals surface area contributed by atoms with Gasteiger partial charge in [-0.25, -0.2) is 9.11 Å². The van der Waals surface area contributed by atoms with Crippen LogP contribution in [0.3, 0.4) is 0 Å². The van der Waals surface area contributed by atoms with Crippen LogP contribution in [-0.2, 0) is 38.9 Å². The van der Waals surface area contributed by atoms with Crippen molar-refractivity contribution in [3.05, 3.63) is 101 Å². The molecule has 5 rings (SSSR count). The third-order valence-corrected chi connectivity index (χ3v) is 10.6. The van der Waals surface area contributed by atoms with Gasteiger partial charge in [0.2, 0.25) is 0 Å². The highest BCUT2D eigenvalue weighted by Gasteiger charge is 2.44. The lowest BCUT2D eigenvalue weighted by Gasteiger charge is -2.43. The van der Waals surface area contributed by atoms with E-state index in [1.54, 1.807) is 26.5 Å². The van der Waals surface area contributed by atoms with E-state index in [0.717, 1.165) is 16.7 Å². The first-order valence-electron chi connectivity index (χ1n) is 15.7. The number of methoxy groups -OCH3 is 2. The number of fused-ring (bicyclic) bond motifs is 1. The average Bonchev–Trinajstić information content (AvgIpc) is 3.06. The maximum atomic E-state index is 16.1. The lowest BCUT2D eigenvalue weighted by atomic mass is 9.80. The summed E-state index contributed by atoms with van der Waals surface area (Å²) in [5.41, 5.74) is 3.65. The number of nitrogens with one attached hydrogen (secondary N) is 1. The van der Waals surface area contributed by atoms with Gasteiger partial charge in [0.25, 0.3) is 10.2 Å². The van der Waals surface area contributed by atoms with E-state index < -0.39 is 28.5 Å². The summed E-state index contributed by atoms with van der Waals surface area (Å²) in [5.74, 6) is 1.16. The van der Waals surface area contributed by atoms with E-state index in [-0.39, 0.29) is 31.5 Å². The summed E-state index contributed by atoms with van der Waals surface area (Å²) >= 11 is 0. The molecule has 2 aliphatic carbocycles. The fraction of sp³-hybridized carbons (Fsp3) is 0.457. The molecule has 45 heavy (non-hydrogen) atoms. The second-order valence-corrected chi connectivity index (χ2v) is 13.4. The molecule has 0 aliphatic heterocycles. The van der Waals surface area contributed by atoms with Crippen molar-refractivity contribution in [1.82, 2.24) is 14.0 Å². The molecule has 8 nitrogen and oxygen atoms in total.